The van der Waals surface area contributed by atoms with Crippen molar-refractivity contribution >= 4 is 17.8 Å². The Bertz CT molecular complexity index is 1800. The average Bonchev–Trinajstić information content (AvgIpc) is 3.81. The van der Waals surface area contributed by atoms with E-state index < -0.39 is 42.1 Å². The van der Waals surface area contributed by atoms with Crippen LogP contribution in [0.1, 0.15) is 53.7 Å². The fourth-order valence-electron chi connectivity index (χ4n) is 5.34. The lowest BCUT2D eigenvalue weighted by molar-refractivity contribution is -0.133. The van der Waals surface area contributed by atoms with Crippen molar-refractivity contribution in [1.29, 1.82) is 0 Å². The highest BCUT2D eigenvalue weighted by Crippen LogP contribution is 2.37. The van der Waals surface area contributed by atoms with Gasteiger partial charge in [-0.15, -0.1) is 0 Å². The van der Waals surface area contributed by atoms with Crippen LogP contribution in [0.15, 0.2) is 59.3 Å². The molecule has 2 aliphatic rings. The van der Waals surface area contributed by atoms with E-state index in [1.807, 2.05) is 4.90 Å². The Morgan fingerprint density at radius 1 is 1.04 bits per heavy atom. The fraction of sp³-hybridized carbons (Fsp3) is 0.364. The third kappa shape index (κ3) is 7.91. The summed E-state index contributed by atoms with van der Waals surface area (Å²) in [5, 5.41) is 2.55. The van der Waals surface area contributed by atoms with E-state index in [-0.39, 0.29) is 53.1 Å². The molecule has 6 rings (SSSR count). The van der Waals surface area contributed by atoms with Crippen molar-refractivity contribution in [2.45, 2.75) is 38.5 Å². The molecule has 2 aromatic carbocycles. The normalized spacial score (nSPS) is 16.0. The summed E-state index contributed by atoms with van der Waals surface area (Å²) >= 11 is 0. The predicted molar refractivity (Wildman–Crippen MR) is 167 cm³/mol. The number of ether oxygens (including phenoxy) is 2. The summed E-state index contributed by atoms with van der Waals surface area (Å²) in [5.74, 6) is -2.93. The monoisotopic (exact) mass is 683 g/mol. The van der Waals surface area contributed by atoms with Gasteiger partial charge < -0.3 is 34.7 Å². The van der Waals surface area contributed by atoms with Gasteiger partial charge in [-0.1, -0.05) is 6.07 Å². The molecule has 1 aliphatic carbocycles. The highest BCUT2D eigenvalue weighted by atomic mass is 19.3. The molecule has 0 bridgehead atoms. The molecular weight excluding hydrogens is 650 g/mol. The van der Waals surface area contributed by atoms with Crippen molar-refractivity contribution in [3.05, 3.63) is 83.5 Å². The number of aromatic nitrogens is 3. The van der Waals surface area contributed by atoms with E-state index in [0.29, 0.717) is 37.6 Å². The first-order valence-corrected chi connectivity index (χ1v) is 15.6. The largest absolute Gasteiger partial charge is 0.489 e. The minimum atomic E-state index is -3.08. The molecule has 4 aromatic rings. The molecule has 2 aromatic heterocycles. The number of benzene rings is 2. The Kier molecular flexibility index (Phi) is 9.94. The number of carbonyl (C=O) groups is 2. The lowest BCUT2D eigenvalue weighted by Gasteiger charge is -2.36. The van der Waals surface area contributed by atoms with Crippen LogP contribution in [0.3, 0.4) is 0 Å². The summed E-state index contributed by atoms with van der Waals surface area (Å²) in [6.45, 7) is -0.0709. The van der Waals surface area contributed by atoms with E-state index >= 15 is 4.39 Å². The number of carbonyl (C=O) groups excluding carboxylic acids is 2. The topological polar surface area (TPSA) is 149 Å². The number of rotatable bonds is 12. The minimum absolute atomic E-state index is 0.0348. The summed E-state index contributed by atoms with van der Waals surface area (Å²) in [7, 11) is 0. The summed E-state index contributed by atoms with van der Waals surface area (Å²) in [5.41, 5.74) is 5.85. The van der Waals surface area contributed by atoms with Crippen LogP contribution in [0.2, 0.25) is 0 Å². The van der Waals surface area contributed by atoms with Gasteiger partial charge in [0.15, 0.2) is 23.0 Å². The van der Waals surface area contributed by atoms with Gasteiger partial charge in [0, 0.05) is 55.8 Å². The molecule has 1 unspecified atom stereocenters. The second-order valence-corrected chi connectivity index (χ2v) is 11.7. The van der Waals surface area contributed by atoms with Gasteiger partial charge in [-0.25, -0.2) is 23.7 Å². The molecule has 2 atom stereocenters. The van der Waals surface area contributed by atoms with Crippen LogP contribution in [0.5, 0.6) is 11.5 Å². The van der Waals surface area contributed by atoms with E-state index in [2.05, 4.69) is 25.0 Å². The molecule has 16 heteroatoms. The zero-order valence-corrected chi connectivity index (χ0v) is 26.3. The van der Waals surface area contributed by atoms with Crippen LogP contribution in [-0.4, -0.2) is 71.1 Å². The average molecular weight is 684 g/mol. The van der Waals surface area contributed by atoms with E-state index in [1.54, 1.807) is 25.4 Å². The van der Waals surface area contributed by atoms with Gasteiger partial charge in [-0.3, -0.25) is 9.59 Å². The number of nitrogens with two attached hydrogens (primary N) is 1. The third-order valence-corrected chi connectivity index (χ3v) is 8.08. The number of oxazole rings is 1. The first-order chi connectivity index (χ1) is 23.6. The van der Waals surface area contributed by atoms with Crippen molar-refractivity contribution in [2.75, 3.05) is 37.7 Å². The van der Waals surface area contributed by atoms with Crippen LogP contribution in [0, 0.1) is 17.6 Å². The molecule has 3 N–H and O–H groups in total. The number of hydrogen-bond donors (Lipinski definition) is 2. The van der Waals surface area contributed by atoms with Gasteiger partial charge in [0.1, 0.15) is 17.7 Å². The highest BCUT2D eigenvalue weighted by molar-refractivity contribution is 5.97. The Morgan fingerprint density at radius 2 is 1.78 bits per heavy atom. The van der Waals surface area contributed by atoms with E-state index in [9.17, 15) is 22.8 Å². The number of hydrogen-bond acceptors (Lipinski definition) is 10. The molecule has 0 spiro atoms. The molecule has 2 fully saturated rings. The standard InChI is InChI=1S/C33H33F4N7O5/c1-18(38)28-27(42-30(49-28)20-5-8-24(48-32(36)37)25(15-20)47-17-19-3-4-19)29(45)41-26(22-7-6-21(34)16-23(22)35)31(46)43-11-13-44(14-12-43)33-39-9-2-10-40-33/h2,5-10,15-16,18-19,26,32H,3-4,11-14,17,38H2,1H3,(H,41,45)/t18-,26?/m0/s1. The summed E-state index contributed by atoms with van der Waals surface area (Å²) < 4.78 is 71.4. The molecule has 258 valence electrons. The molecule has 3 heterocycles. The van der Waals surface area contributed by atoms with Crippen LogP contribution in [-0.2, 0) is 4.79 Å². The first kappa shape index (κ1) is 33.6. The van der Waals surface area contributed by atoms with Crippen LogP contribution >= 0.6 is 0 Å². The van der Waals surface area contributed by atoms with Gasteiger partial charge in [0.2, 0.25) is 17.7 Å². The van der Waals surface area contributed by atoms with Gasteiger partial charge in [0.25, 0.3) is 5.91 Å². The van der Waals surface area contributed by atoms with Crippen molar-refractivity contribution in [2.24, 2.45) is 11.7 Å². The van der Waals surface area contributed by atoms with E-state index in [4.69, 9.17) is 14.9 Å². The summed E-state index contributed by atoms with van der Waals surface area (Å²) in [6, 6.07) is 6.04. The summed E-state index contributed by atoms with van der Waals surface area (Å²) in [6.07, 6.45) is 5.14. The van der Waals surface area contributed by atoms with Gasteiger partial charge in [-0.05, 0) is 56.0 Å². The molecule has 49 heavy (non-hydrogen) atoms. The number of nitrogens with zero attached hydrogens (tertiary/aromatic N) is 5. The maximum absolute atomic E-state index is 15.2. The molecule has 1 aliphatic heterocycles. The third-order valence-electron chi connectivity index (χ3n) is 8.08. The predicted octanol–water partition coefficient (Wildman–Crippen LogP) is 4.64. The maximum Gasteiger partial charge on any atom is 0.387 e. The number of anilines is 1. The molecule has 12 nitrogen and oxygen atoms in total. The van der Waals surface area contributed by atoms with Crippen LogP contribution < -0.4 is 25.4 Å². The Labute approximate surface area is 278 Å². The van der Waals surface area contributed by atoms with Gasteiger partial charge in [-0.2, -0.15) is 8.78 Å². The zero-order chi connectivity index (χ0) is 34.7. The molecule has 2 amide bonds. The van der Waals surface area contributed by atoms with Crippen molar-refractivity contribution in [3.63, 3.8) is 0 Å². The number of nitrogens with one attached hydrogen (secondary N) is 1. The number of halogens is 4. The smallest absolute Gasteiger partial charge is 0.387 e. The molecular formula is C33H33F4N7O5. The lowest BCUT2D eigenvalue weighted by atomic mass is 10.0. The highest BCUT2D eigenvalue weighted by Gasteiger charge is 2.34. The van der Waals surface area contributed by atoms with E-state index in [0.717, 1.165) is 25.0 Å². The summed E-state index contributed by atoms with van der Waals surface area (Å²) in [4.78, 5) is 43.9. The van der Waals surface area contributed by atoms with Crippen LogP contribution in [0.25, 0.3) is 11.5 Å². The SMILES string of the molecule is C[C@H](N)c1oc(-c2ccc(OC(F)F)c(OCC3CC3)c2)nc1C(=O)NC(C(=O)N1CCN(c2ncccn2)CC1)c1ccc(F)cc1F. The number of piperazine rings is 1. The maximum atomic E-state index is 15.2. The Hall–Kier alpha value is -5.25. The van der Waals surface area contributed by atoms with Gasteiger partial charge in [0.05, 0.1) is 12.6 Å². The molecule has 0 radical (unpaired) electrons. The Morgan fingerprint density at radius 3 is 2.43 bits per heavy atom. The van der Waals surface area contributed by atoms with Gasteiger partial charge >= 0.3 is 6.61 Å². The molecule has 1 saturated heterocycles. The van der Waals surface area contributed by atoms with Crippen molar-refractivity contribution < 1.29 is 41.0 Å². The first-order valence-electron chi connectivity index (χ1n) is 15.6. The van der Waals surface area contributed by atoms with Crippen LogP contribution in [0.4, 0.5) is 23.5 Å². The second-order valence-electron chi connectivity index (χ2n) is 11.7. The molecule has 1 saturated carbocycles. The fourth-order valence-corrected chi connectivity index (χ4v) is 5.34. The van der Waals surface area contributed by atoms with Crippen molar-refractivity contribution in [1.82, 2.24) is 25.2 Å². The minimum Gasteiger partial charge on any atom is -0.489 e. The van der Waals surface area contributed by atoms with Crippen molar-refractivity contribution in [3.8, 4) is 23.0 Å². The second kappa shape index (κ2) is 14.5. The lowest BCUT2D eigenvalue weighted by Crippen LogP contribution is -2.52. The number of amides is 2. The van der Waals surface area contributed by atoms with E-state index in [1.165, 1.54) is 23.1 Å². The quantitative estimate of drug-likeness (QED) is 0.202. The Balaban J connectivity index is 1.27. The number of alkyl halides is 2. The zero-order valence-electron chi connectivity index (χ0n) is 26.3.